The van der Waals surface area contributed by atoms with E-state index in [-0.39, 0.29) is 11.7 Å². The molecule has 0 saturated carbocycles. The second-order valence-corrected chi connectivity index (χ2v) is 2.74. The van der Waals surface area contributed by atoms with Gasteiger partial charge in [0.05, 0.1) is 7.11 Å². The molecule has 1 aromatic rings. The van der Waals surface area contributed by atoms with E-state index < -0.39 is 0 Å². The van der Waals surface area contributed by atoms with Crippen molar-refractivity contribution < 1.29 is 9.84 Å². The first-order chi connectivity index (χ1) is 6.20. The summed E-state index contributed by atoms with van der Waals surface area (Å²) in [7, 11) is 1.52. The Morgan fingerprint density at radius 2 is 2.23 bits per heavy atom. The lowest BCUT2D eigenvalue weighted by atomic mass is 10.00. The number of phenols is 1. The highest BCUT2D eigenvalue weighted by Crippen LogP contribution is 2.34. The number of benzene rings is 1. The molecular formula is C11H13O2. The molecule has 1 unspecified atom stereocenters. The largest absolute Gasteiger partial charge is 0.504 e. The molecule has 0 fully saturated rings. The Balaban J connectivity index is 3.19. The molecule has 1 aromatic carbocycles. The van der Waals surface area contributed by atoms with E-state index >= 15 is 0 Å². The number of aromatic hydroxyl groups is 1. The van der Waals surface area contributed by atoms with Gasteiger partial charge in [0, 0.05) is 11.5 Å². The lowest BCUT2D eigenvalue weighted by Gasteiger charge is -2.12. The Hall–Kier alpha value is -1.44. The van der Waals surface area contributed by atoms with Gasteiger partial charge in [0.1, 0.15) is 0 Å². The van der Waals surface area contributed by atoms with Gasteiger partial charge in [0.2, 0.25) is 0 Å². The monoisotopic (exact) mass is 177 g/mol. The summed E-state index contributed by atoms with van der Waals surface area (Å²) in [4.78, 5) is 0. The molecule has 1 rings (SSSR count). The predicted molar refractivity (Wildman–Crippen MR) is 53.0 cm³/mol. The van der Waals surface area contributed by atoms with Gasteiger partial charge in [-0.15, -0.1) is 6.58 Å². The minimum Gasteiger partial charge on any atom is -0.504 e. The molecular weight excluding hydrogens is 164 g/mol. The third-order valence-corrected chi connectivity index (χ3v) is 1.91. The molecule has 2 nitrogen and oxygen atoms in total. The van der Waals surface area contributed by atoms with Crippen molar-refractivity contribution in [1.82, 2.24) is 0 Å². The summed E-state index contributed by atoms with van der Waals surface area (Å²) < 4.78 is 5.06. The van der Waals surface area contributed by atoms with Crippen LogP contribution in [0.5, 0.6) is 11.5 Å². The van der Waals surface area contributed by atoms with Crippen molar-refractivity contribution in [2.24, 2.45) is 0 Å². The molecule has 0 aromatic heterocycles. The van der Waals surface area contributed by atoms with Gasteiger partial charge < -0.3 is 9.84 Å². The van der Waals surface area contributed by atoms with Crippen molar-refractivity contribution in [1.29, 1.82) is 0 Å². The summed E-state index contributed by atoms with van der Waals surface area (Å²) in [5.41, 5.74) is 0.845. The first-order valence-electron chi connectivity index (χ1n) is 4.02. The average molecular weight is 177 g/mol. The van der Waals surface area contributed by atoms with Crippen molar-refractivity contribution in [3.05, 3.63) is 43.3 Å². The van der Waals surface area contributed by atoms with Gasteiger partial charge in [0.15, 0.2) is 11.5 Å². The zero-order valence-electron chi connectivity index (χ0n) is 7.66. The fraction of sp³-hybridized carbons (Fsp3) is 0.182. The second-order valence-electron chi connectivity index (χ2n) is 2.74. The van der Waals surface area contributed by atoms with E-state index in [1.807, 2.05) is 6.07 Å². The maximum absolute atomic E-state index is 9.45. The molecule has 13 heavy (non-hydrogen) atoms. The maximum Gasteiger partial charge on any atom is 0.164 e. The van der Waals surface area contributed by atoms with Crippen LogP contribution in [0, 0.1) is 6.92 Å². The standard InChI is InChI=1S/C11H13O2/c1-4-8(2)9-6-5-7-10(12)11(9)13-3/h4-8,12H,1-2H2,3H3. The molecule has 1 N–H and O–H groups in total. The third-order valence-electron chi connectivity index (χ3n) is 1.91. The van der Waals surface area contributed by atoms with Crippen LogP contribution in [0.4, 0.5) is 0 Å². The molecule has 0 heterocycles. The SMILES string of the molecule is [CH2]C(C=C)c1cccc(O)c1OC. The van der Waals surface area contributed by atoms with Crippen LogP contribution in [0.15, 0.2) is 30.9 Å². The molecule has 1 radical (unpaired) electrons. The van der Waals surface area contributed by atoms with Gasteiger partial charge in [-0.2, -0.15) is 0 Å². The first-order valence-corrected chi connectivity index (χ1v) is 4.02. The minimum atomic E-state index is -0.0675. The summed E-state index contributed by atoms with van der Waals surface area (Å²) in [6.45, 7) is 7.51. The average Bonchev–Trinajstić information content (AvgIpc) is 2.16. The number of rotatable bonds is 3. The van der Waals surface area contributed by atoms with E-state index in [1.54, 1.807) is 18.2 Å². The van der Waals surface area contributed by atoms with E-state index in [2.05, 4.69) is 13.5 Å². The molecule has 69 valence electrons. The van der Waals surface area contributed by atoms with Crippen LogP contribution >= 0.6 is 0 Å². The van der Waals surface area contributed by atoms with E-state index in [0.29, 0.717) is 5.75 Å². The second kappa shape index (κ2) is 3.99. The number of allylic oxidation sites excluding steroid dienone is 1. The number of ether oxygens (including phenoxy) is 1. The fourth-order valence-corrected chi connectivity index (χ4v) is 1.18. The van der Waals surface area contributed by atoms with E-state index in [1.165, 1.54) is 7.11 Å². The van der Waals surface area contributed by atoms with Crippen molar-refractivity contribution in [3.8, 4) is 11.5 Å². The molecule has 0 aliphatic heterocycles. The van der Waals surface area contributed by atoms with Crippen LogP contribution in [0.2, 0.25) is 0 Å². The van der Waals surface area contributed by atoms with E-state index in [9.17, 15) is 5.11 Å². The fourth-order valence-electron chi connectivity index (χ4n) is 1.18. The van der Waals surface area contributed by atoms with Crippen molar-refractivity contribution in [2.75, 3.05) is 7.11 Å². The minimum absolute atomic E-state index is 0.0675. The quantitative estimate of drug-likeness (QED) is 0.719. The van der Waals surface area contributed by atoms with Crippen LogP contribution in [0.25, 0.3) is 0 Å². The number of para-hydroxylation sites is 1. The molecule has 0 aliphatic carbocycles. The van der Waals surface area contributed by atoms with Crippen LogP contribution in [-0.2, 0) is 0 Å². The summed E-state index contributed by atoms with van der Waals surface area (Å²) in [6, 6.07) is 5.20. The molecule has 2 heteroatoms. The van der Waals surface area contributed by atoms with Crippen LogP contribution in [0.1, 0.15) is 11.5 Å². The Morgan fingerprint density at radius 3 is 2.77 bits per heavy atom. The Kier molecular flexibility index (Phi) is 2.96. The van der Waals surface area contributed by atoms with Crippen molar-refractivity contribution >= 4 is 0 Å². The first kappa shape index (κ1) is 9.65. The number of hydrogen-bond acceptors (Lipinski definition) is 2. The Bertz CT molecular complexity index is 305. The van der Waals surface area contributed by atoms with Gasteiger partial charge in [-0.25, -0.2) is 0 Å². The number of phenolic OH excluding ortho intramolecular Hbond substituents is 1. The summed E-state index contributed by atoms with van der Waals surface area (Å²) in [5, 5.41) is 9.45. The predicted octanol–water partition coefficient (Wildman–Crippen LogP) is 2.50. The molecule has 0 amide bonds. The molecule has 0 spiro atoms. The zero-order valence-corrected chi connectivity index (χ0v) is 7.66. The topological polar surface area (TPSA) is 29.5 Å². The number of hydrogen-bond donors (Lipinski definition) is 1. The van der Waals surface area contributed by atoms with Gasteiger partial charge in [0.25, 0.3) is 0 Å². The summed E-state index contributed by atoms with van der Waals surface area (Å²) in [6.07, 6.45) is 1.71. The molecule has 1 atom stereocenters. The summed E-state index contributed by atoms with van der Waals surface area (Å²) in [5.74, 6) is 0.542. The van der Waals surface area contributed by atoms with Crippen molar-refractivity contribution in [2.45, 2.75) is 5.92 Å². The maximum atomic E-state index is 9.45. The van der Waals surface area contributed by atoms with Gasteiger partial charge in [-0.05, 0) is 13.0 Å². The van der Waals surface area contributed by atoms with Crippen LogP contribution < -0.4 is 4.74 Å². The molecule has 0 bridgehead atoms. The zero-order chi connectivity index (χ0) is 9.84. The van der Waals surface area contributed by atoms with Gasteiger partial charge in [-0.3, -0.25) is 0 Å². The highest BCUT2D eigenvalue weighted by atomic mass is 16.5. The molecule has 0 aliphatic rings. The Labute approximate surface area is 78.5 Å². The van der Waals surface area contributed by atoms with E-state index in [4.69, 9.17) is 4.74 Å². The smallest absolute Gasteiger partial charge is 0.164 e. The lowest BCUT2D eigenvalue weighted by molar-refractivity contribution is 0.369. The van der Waals surface area contributed by atoms with Gasteiger partial charge in [-0.1, -0.05) is 18.2 Å². The number of methoxy groups -OCH3 is 1. The van der Waals surface area contributed by atoms with Crippen LogP contribution in [0.3, 0.4) is 0 Å². The molecule has 0 saturated heterocycles. The highest BCUT2D eigenvalue weighted by Gasteiger charge is 2.11. The lowest BCUT2D eigenvalue weighted by Crippen LogP contribution is -1.95. The highest BCUT2D eigenvalue weighted by molar-refractivity contribution is 5.48. The van der Waals surface area contributed by atoms with E-state index in [0.717, 1.165) is 5.56 Å². The van der Waals surface area contributed by atoms with Crippen LogP contribution in [-0.4, -0.2) is 12.2 Å². The summed E-state index contributed by atoms with van der Waals surface area (Å²) >= 11 is 0. The van der Waals surface area contributed by atoms with Crippen molar-refractivity contribution in [3.63, 3.8) is 0 Å². The van der Waals surface area contributed by atoms with Gasteiger partial charge >= 0.3 is 0 Å². The third kappa shape index (κ3) is 1.83. The normalized spacial score (nSPS) is 12.2. The Morgan fingerprint density at radius 1 is 1.54 bits per heavy atom.